The zero-order chi connectivity index (χ0) is 18.9. The molecule has 2 heterocycles. The number of para-hydroxylation sites is 1. The highest BCUT2D eigenvalue weighted by atomic mass is 32.2. The van der Waals surface area contributed by atoms with Gasteiger partial charge in [-0.15, -0.1) is 0 Å². The standard InChI is InChI=1S/C16H16F2N4O3S/c1-9-7-13(15(23)22-14-11(17)3-2-4-12(14)18)21-16(19-9)20-10-5-6-26(24,25)8-10/h2-4,7,10H,5-6,8H2,1H3,(H,22,23)(H,19,20,21). The molecule has 26 heavy (non-hydrogen) atoms. The maximum absolute atomic E-state index is 13.7. The van der Waals surface area contributed by atoms with Crippen molar-refractivity contribution in [2.75, 3.05) is 22.1 Å². The molecule has 1 aromatic heterocycles. The molecule has 0 bridgehead atoms. The monoisotopic (exact) mass is 382 g/mol. The Kier molecular flexibility index (Phi) is 4.86. The fraction of sp³-hybridized carbons (Fsp3) is 0.312. The molecule has 2 aromatic rings. The van der Waals surface area contributed by atoms with E-state index >= 15 is 0 Å². The fourth-order valence-electron chi connectivity index (χ4n) is 2.64. The lowest BCUT2D eigenvalue weighted by atomic mass is 10.2. The molecular formula is C16H16F2N4O3S. The van der Waals surface area contributed by atoms with Crippen LogP contribution in [0.5, 0.6) is 0 Å². The molecule has 3 rings (SSSR count). The van der Waals surface area contributed by atoms with Gasteiger partial charge >= 0.3 is 0 Å². The van der Waals surface area contributed by atoms with Gasteiger partial charge in [0.05, 0.1) is 11.5 Å². The molecule has 1 aliphatic rings. The normalized spacial score (nSPS) is 18.5. The van der Waals surface area contributed by atoms with E-state index in [2.05, 4.69) is 20.6 Å². The Morgan fingerprint density at radius 2 is 1.92 bits per heavy atom. The largest absolute Gasteiger partial charge is 0.350 e. The third kappa shape index (κ3) is 4.13. The number of hydrogen-bond donors (Lipinski definition) is 2. The summed E-state index contributed by atoms with van der Waals surface area (Å²) in [5.41, 5.74) is -0.212. The Labute approximate surface area is 148 Å². The Balaban J connectivity index is 1.80. The second-order valence-electron chi connectivity index (χ2n) is 6.01. The molecule has 0 aliphatic carbocycles. The lowest BCUT2D eigenvalue weighted by molar-refractivity contribution is 0.102. The van der Waals surface area contributed by atoms with Gasteiger partial charge in [-0.1, -0.05) is 6.07 Å². The van der Waals surface area contributed by atoms with Gasteiger partial charge < -0.3 is 10.6 Å². The van der Waals surface area contributed by atoms with Crippen molar-refractivity contribution in [2.24, 2.45) is 0 Å². The molecule has 1 amide bonds. The van der Waals surface area contributed by atoms with Crippen molar-refractivity contribution < 1.29 is 22.0 Å². The minimum Gasteiger partial charge on any atom is -0.350 e. The van der Waals surface area contributed by atoms with Crippen LogP contribution in [0.15, 0.2) is 24.3 Å². The van der Waals surface area contributed by atoms with E-state index in [0.717, 1.165) is 12.1 Å². The van der Waals surface area contributed by atoms with Crippen LogP contribution in [-0.4, -0.2) is 41.8 Å². The average Bonchev–Trinajstić information content (AvgIpc) is 2.89. The van der Waals surface area contributed by atoms with Crippen molar-refractivity contribution in [3.63, 3.8) is 0 Å². The first kappa shape index (κ1) is 18.2. The molecule has 1 atom stereocenters. The molecule has 1 fully saturated rings. The topological polar surface area (TPSA) is 101 Å². The molecule has 1 aliphatic heterocycles. The first-order valence-electron chi connectivity index (χ1n) is 7.81. The summed E-state index contributed by atoms with van der Waals surface area (Å²) in [6.07, 6.45) is 0.418. The molecular weight excluding hydrogens is 366 g/mol. The Hall–Kier alpha value is -2.62. The van der Waals surface area contributed by atoms with Crippen molar-refractivity contribution >= 4 is 27.4 Å². The summed E-state index contributed by atoms with van der Waals surface area (Å²) in [5, 5.41) is 5.04. The maximum atomic E-state index is 13.7. The van der Waals surface area contributed by atoms with Crippen LogP contribution in [0.1, 0.15) is 22.6 Å². The molecule has 1 aromatic carbocycles. The Morgan fingerprint density at radius 1 is 1.23 bits per heavy atom. The Morgan fingerprint density at radius 3 is 2.54 bits per heavy atom. The molecule has 0 saturated carbocycles. The van der Waals surface area contributed by atoms with Crippen LogP contribution in [0.4, 0.5) is 20.4 Å². The van der Waals surface area contributed by atoms with Gasteiger partial charge in [-0.2, -0.15) is 0 Å². The van der Waals surface area contributed by atoms with Crippen molar-refractivity contribution in [3.05, 3.63) is 47.3 Å². The number of nitrogens with one attached hydrogen (secondary N) is 2. The molecule has 0 radical (unpaired) electrons. The van der Waals surface area contributed by atoms with E-state index in [1.807, 2.05) is 0 Å². The number of halogens is 2. The van der Waals surface area contributed by atoms with Crippen LogP contribution in [0.2, 0.25) is 0 Å². The number of hydrogen-bond acceptors (Lipinski definition) is 6. The first-order chi connectivity index (χ1) is 12.2. The lowest BCUT2D eigenvalue weighted by Gasteiger charge is -2.13. The van der Waals surface area contributed by atoms with Crippen LogP contribution >= 0.6 is 0 Å². The second kappa shape index (κ2) is 6.94. The average molecular weight is 382 g/mol. The SMILES string of the molecule is Cc1cc(C(=O)Nc2c(F)cccc2F)nc(NC2CCS(=O)(=O)C2)n1. The highest BCUT2D eigenvalue weighted by molar-refractivity contribution is 7.91. The summed E-state index contributed by atoms with van der Waals surface area (Å²) in [6, 6.07) is 4.26. The molecule has 0 spiro atoms. The van der Waals surface area contributed by atoms with Crippen molar-refractivity contribution in [1.82, 2.24) is 9.97 Å². The van der Waals surface area contributed by atoms with Gasteiger partial charge in [-0.25, -0.2) is 27.2 Å². The van der Waals surface area contributed by atoms with E-state index in [-0.39, 0.29) is 29.2 Å². The molecule has 7 nitrogen and oxygen atoms in total. The maximum Gasteiger partial charge on any atom is 0.274 e. The summed E-state index contributed by atoms with van der Waals surface area (Å²) >= 11 is 0. The molecule has 1 saturated heterocycles. The zero-order valence-corrected chi connectivity index (χ0v) is 14.6. The van der Waals surface area contributed by atoms with Gasteiger partial charge in [0.2, 0.25) is 5.95 Å². The first-order valence-corrected chi connectivity index (χ1v) is 9.64. The third-order valence-electron chi connectivity index (χ3n) is 3.85. The minimum atomic E-state index is -3.08. The van der Waals surface area contributed by atoms with E-state index in [4.69, 9.17) is 0 Å². The number of rotatable bonds is 4. The Bertz CT molecular complexity index is 946. The number of anilines is 2. The molecule has 2 N–H and O–H groups in total. The van der Waals surface area contributed by atoms with E-state index in [1.165, 1.54) is 12.1 Å². The number of aryl methyl sites for hydroxylation is 1. The minimum absolute atomic E-state index is 0.0354. The number of benzene rings is 1. The summed E-state index contributed by atoms with van der Waals surface area (Å²) in [5.74, 6) is -2.48. The van der Waals surface area contributed by atoms with Crippen molar-refractivity contribution in [2.45, 2.75) is 19.4 Å². The number of aromatic nitrogens is 2. The summed E-state index contributed by atoms with van der Waals surface area (Å²) in [7, 11) is -3.08. The second-order valence-corrected chi connectivity index (χ2v) is 8.24. The lowest BCUT2D eigenvalue weighted by Crippen LogP contribution is -2.23. The molecule has 1 unspecified atom stereocenters. The van der Waals surface area contributed by atoms with E-state index in [0.29, 0.717) is 12.1 Å². The highest BCUT2D eigenvalue weighted by Crippen LogP contribution is 2.20. The van der Waals surface area contributed by atoms with Crippen LogP contribution in [0, 0.1) is 18.6 Å². The van der Waals surface area contributed by atoms with Gasteiger partial charge in [0.15, 0.2) is 9.84 Å². The van der Waals surface area contributed by atoms with Gasteiger partial charge in [0.25, 0.3) is 5.91 Å². The molecule has 138 valence electrons. The third-order valence-corrected chi connectivity index (χ3v) is 5.62. The van der Waals surface area contributed by atoms with Crippen molar-refractivity contribution in [1.29, 1.82) is 0 Å². The smallest absolute Gasteiger partial charge is 0.274 e. The van der Waals surface area contributed by atoms with Gasteiger partial charge in [0.1, 0.15) is 23.0 Å². The quantitative estimate of drug-likeness (QED) is 0.838. The van der Waals surface area contributed by atoms with Gasteiger partial charge in [-0.3, -0.25) is 4.79 Å². The van der Waals surface area contributed by atoms with E-state index < -0.39 is 33.1 Å². The predicted molar refractivity (Wildman–Crippen MR) is 91.8 cm³/mol. The van der Waals surface area contributed by atoms with Crippen LogP contribution in [0.25, 0.3) is 0 Å². The van der Waals surface area contributed by atoms with E-state index in [9.17, 15) is 22.0 Å². The fourth-order valence-corrected chi connectivity index (χ4v) is 4.31. The van der Waals surface area contributed by atoms with Crippen molar-refractivity contribution in [3.8, 4) is 0 Å². The molecule has 10 heteroatoms. The number of carbonyl (C=O) groups excluding carboxylic acids is 1. The van der Waals surface area contributed by atoms with E-state index in [1.54, 1.807) is 6.92 Å². The number of sulfone groups is 1. The van der Waals surface area contributed by atoms with Crippen LogP contribution in [0.3, 0.4) is 0 Å². The van der Waals surface area contributed by atoms with Crippen LogP contribution < -0.4 is 10.6 Å². The van der Waals surface area contributed by atoms with Gasteiger partial charge in [0, 0.05) is 11.7 Å². The highest BCUT2D eigenvalue weighted by Gasteiger charge is 2.28. The van der Waals surface area contributed by atoms with Gasteiger partial charge in [-0.05, 0) is 31.5 Å². The van der Waals surface area contributed by atoms with Crippen LogP contribution in [-0.2, 0) is 9.84 Å². The summed E-state index contributed by atoms with van der Waals surface area (Å²) in [4.78, 5) is 20.5. The summed E-state index contributed by atoms with van der Waals surface area (Å²) in [6.45, 7) is 1.62. The number of nitrogens with zero attached hydrogens (tertiary/aromatic N) is 2. The summed E-state index contributed by atoms with van der Waals surface area (Å²) < 4.78 is 50.4. The number of carbonyl (C=O) groups is 1. The predicted octanol–water partition coefficient (Wildman–Crippen LogP) is 1.91. The zero-order valence-electron chi connectivity index (χ0n) is 13.8. The number of amides is 1.